The summed E-state index contributed by atoms with van der Waals surface area (Å²) in [5.41, 5.74) is 7.75. The van der Waals surface area contributed by atoms with Crippen LogP contribution >= 0.6 is 12.4 Å². The first-order valence-corrected chi connectivity index (χ1v) is 5.70. The zero-order valence-corrected chi connectivity index (χ0v) is 10.4. The summed E-state index contributed by atoms with van der Waals surface area (Å²) in [6, 6.07) is 5.23. The molecule has 0 radical (unpaired) electrons. The van der Waals surface area contributed by atoms with Crippen LogP contribution in [0.25, 0.3) is 0 Å². The van der Waals surface area contributed by atoms with Crippen molar-refractivity contribution in [2.75, 3.05) is 0 Å². The average molecular weight is 244 g/mol. The van der Waals surface area contributed by atoms with Gasteiger partial charge in [0.15, 0.2) is 0 Å². The van der Waals surface area contributed by atoms with E-state index in [9.17, 15) is 4.39 Å². The topological polar surface area (TPSA) is 26.0 Å². The standard InChI is InChI=1S/C13H18FN.ClH/c1-9-6-7-11(12(14)8-9)13(15)10-4-2-3-5-10;/h6-8,10,13H,2-5,15H2,1H3;1H/t13-;/m0./s1. The molecule has 1 saturated carbocycles. The number of nitrogens with two attached hydrogens (primary N) is 1. The van der Waals surface area contributed by atoms with Gasteiger partial charge < -0.3 is 5.73 Å². The third-order valence-corrected chi connectivity index (χ3v) is 3.42. The van der Waals surface area contributed by atoms with Gasteiger partial charge >= 0.3 is 0 Å². The van der Waals surface area contributed by atoms with E-state index in [2.05, 4.69) is 0 Å². The van der Waals surface area contributed by atoms with Gasteiger partial charge in [0.25, 0.3) is 0 Å². The molecule has 0 unspecified atom stereocenters. The molecule has 1 aromatic carbocycles. The summed E-state index contributed by atoms with van der Waals surface area (Å²) < 4.78 is 13.7. The molecule has 2 rings (SSSR count). The molecule has 0 aliphatic heterocycles. The van der Waals surface area contributed by atoms with Crippen molar-refractivity contribution in [3.05, 3.63) is 35.1 Å². The monoisotopic (exact) mass is 243 g/mol. The molecule has 0 bridgehead atoms. The molecular weight excluding hydrogens is 225 g/mol. The van der Waals surface area contributed by atoms with E-state index in [0.29, 0.717) is 11.5 Å². The number of hydrogen-bond acceptors (Lipinski definition) is 1. The number of hydrogen-bond donors (Lipinski definition) is 1. The summed E-state index contributed by atoms with van der Waals surface area (Å²) >= 11 is 0. The lowest BCUT2D eigenvalue weighted by atomic mass is 9.92. The summed E-state index contributed by atoms with van der Waals surface area (Å²) in [6.07, 6.45) is 4.78. The van der Waals surface area contributed by atoms with E-state index in [-0.39, 0.29) is 24.3 Å². The predicted molar refractivity (Wildman–Crippen MR) is 67.3 cm³/mol. The minimum atomic E-state index is -0.144. The molecule has 1 fully saturated rings. The molecule has 16 heavy (non-hydrogen) atoms. The Morgan fingerprint density at radius 2 is 1.94 bits per heavy atom. The summed E-state index contributed by atoms with van der Waals surface area (Å²) in [6.45, 7) is 1.90. The third-order valence-electron chi connectivity index (χ3n) is 3.42. The number of aryl methyl sites for hydroxylation is 1. The molecule has 1 atom stereocenters. The van der Waals surface area contributed by atoms with Crippen molar-refractivity contribution in [3.63, 3.8) is 0 Å². The molecule has 1 aliphatic carbocycles. The molecule has 0 heterocycles. The van der Waals surface area contributed by atoms with Crippen LogP contribution in [0.15, 0.2) is 18.2 Å². The molecule has 0 aromatic heterocycles. The largest absolute Gasteiger partial charge is 0.324 e. The van der Waals surface area contributed by atoms with Gasteiger partial charge in [0.05, 0.1) is 0 Å². The lowest BCUT2D eigenvalue weighted by Crippen LogP contribution is -2.20. The molecule has 1 aromatic rings. The van der Waals surface area contributed by atoms with Gasteiger partial charge in [-0.25, -0.2) is 4.39 Å². The highest BCUT2D eigenvalue weighted by Gasteiger charge is 2.24. The quantitative estimate of drug-likeness (QED) is 0.841. The van der Waals surface area contributed by atoms with Crippen molar-refractivity contribution in [1.29, 1.82) is 0 Å². The fraction of sp³-hybridized carbons (Fsp3) is 0.538. The molecular formula is C13H19ClFN. The highest BCUT2D eigenvalue weighted by atomic mass is 35.5. The van der Waals surface area contributed by atoms with Crippen LogP contribution in [0.3, 0.4) is 0 Å². The number of halogens is 2. The van der Waals surface area contributed by atoms with Crippen molar-refractivity contribution in [2.45, 2.75) is 38.6 Å². The van der Waals surface area contributed by atoms with E-state index < -0.39 is 0 Å². The zero-order valence-electron chi connectivity index (χ0n) is 9.58. The molecule has 1 nitrogen and oxygen atoms in total. The first-order chi connectivity index (χ1) is 7.18. The van der Waals surface area contributed by atoms with Crippen LogP contribution in [0.4, 0.5) is 4.39 Å². The van der Waals surface area contributed by atoms with Crippen LogP contribution in [-0.4, -0.2) is 0 Å². The smallest absolute Gasteiger partial charge is 0.128 e. The van der Waals surface area contributed by atoms with E-state index >= 15 is 0 Å². The van der Waals surface area contributed by atoms with Crippen molar-refractivity contribution in [2.24, 2.45) is 11.7 Å². The van der Waals surface area contributed by atoms with Crippen molar-refractivity contribution in [1.82, 2.24) is 0 Å². The van der Waals surface area contributed by atoms with E-state index in [1.807, 2.05) is 19.1 Å². The fourth-order valence-corrected chi connectivity index (χ4v) is 2.47. The van der Waals surface area contributed by atoms with Gasteiger partial charge in [0, 0.05) is 11.6 Å². The van der Waals surface area contributed by atoms with Gasteiger partial charge in [0.1, 0.15) is 5.82 Å². The molecule has 90 valence electrons. The number of benzene rings is 1. The maximum atomic E-state index is 13.7. The van der Waals surface area contributed by atoms with E-state index in [1.54, 1.807) is 6.07 Å². The lowest BCUT2D eigenvalue weighted by Gasteiger charge is -2.19. The van der Waals surface area contributed by atoms with Crippen molar-refractivity contribution < 1.29 is 4.39 Å². The van der Waals surface area contributed by atoms with Gasteiger partial charge in [-0.15, -0.1) is 12.4 Å². The van der Waals surface area contributed by atoms with Gasteiger partial charge in [-0.1, -0.05) is 25.0 Å². The molecule has 0 spiro atoms. The normalized spacial score (nSPS) is 18.2. The fourth-order valence-electron chi connectivity index (χ4n) is 2.47. The predicted octanol–water partition coefficient (Wildman–Crippen LogP) is 3.75. The Morgan fingerprint density at radius 3 is 2.50 bits per heavy atom. The summed E-state index contributed by atoms with van der Waals surface area (Å²) in [5.74, 6) is 0.330. The van der Waals surface area contributed by atoms with Crippen molar-refractivity contribution in [3.8, 4) is 0 Å². The maximum absolute atomic E-state index is 13.7. The Labute approximate surface area is 103 Å². The first-order valence-electron chi connectivity index (χ1n) is 5.70. The van der Waals surface area contributed by atoms with Crippen LogP contribution in [0, 0.1) is 18.7 Å². The Hall–Kier alpha value is -0.600. The third kappa shape index (κ3) is 2.74. The summed E-state index contributed by atoms with van der Waals surface area (Å²) in [4.78, 5) is 0. The molecule has 1 aliphatic rings. The molecule has 0 saturated heterocycles. The molecule has 2 N–H and O–H groups in total. The average Bonchev–Trinajstić information content (AvgIpc) is 2.69. The highest BCUT2D eigenvalue weighted by molar-refractivity contribution is 5.85. The van der Waals surface area contributed by atoms with Gasteiger partial charge in [0.2, 0.25) is 0 Å². The summed E-state index contributed by atoms with van der Waals surface area (Å²) in [7, 11) is 0. The minimum Gasteiger partial charge on any atom is -0.324 e. The second-order valence-electron chi connectivity index (χ2n) is 4.60. The van der Waals surface area contributed by atoms with Gasteiger partial charge in [-0.2, -0.15) is 0 Å². The van der Waals surface area contributed by atoms with Gasteiger partial charge in [-0.3, -0.25) is 0 Å². The molecule has 0 amide bonds. The lowest BCUT2D eigenvalue weighted by molar-refractivity contribution is 0.429. The zero-order chi connectivity index (χ0) is 10.8. The second-order valence-corrected chi connectivity index (χ2v) is 4.60. The van der Waals surface area contributed by atoms with E-state index in [4.69, 9.17) is 5.73 Å². The van der Waals surface area contributed by atoms with Crippen LogP contribution in [0.2, 0.25) is 0 Å². The number of rotatable bonds is 2. The van der Waals surface area contributed by atoms with Crippen LogP contribution in [0.1, 0.15) is 42.9 Å². The van der Waals surface area contributed by atoms with Crippen LogP contribution in [0.5, 0.6) is 0 Å². The van der Waals surface area contributed by atoms with E-state index in [1.165, 1.54) is 12.8 Å². The van der Waals surface area contributed by atoms with Crippen LogP contribution in [-0.2, 0) is 0 Å². The minimum absolute atomic E-state index is 0. The molecule has 3 heteroatoms. The highest BCUT2D eigenvalue weighted by Crippen LogP contribution is 2.35. The second kappa shape index (κ2) is 5.65. The maximum Gasteiger partial charge on any atom is 0.128 e. The summed E-state index contributed by atoms with van der Waals surface area (Å²) in [5, 5.41) is 0. The van der Waals surface area contributed by atoms with E-state index in [0.717, 1.165) is 18.4 Å². The van der Waals surface area contributed by atoms with Crippen molar-refractivity contribution >= 4 is 12.4 Å². The Bertz CT molecular complexity index is 348. The SMILES string of the molecule is Cc1ccc([C@@H](N)C2CCCC2)c(F)c1.Cl. The Morgan fingerprint density at radius 1 is 1.31 bits per heavy atom. The van der Waals surface area contributed by atoms with Gasteiger partial charge in [-0.05, 0) is 37.3 Å². The first kappa shape index (κ1) is 13.5. The van der Waals surface area contributed by atoms with Crippen LogP contribution < -0.4 is 5.73 Å². The Balaban J connectivity index is 0.00000128. The Kier molecular flexibility index (Phi) is 4.75.